The number of aliphatic hydroxyl groups is 1. The van der Waals surface area contributed by atoms with Crippen molar-refractivity contribution in [3.63, 3.8) is 0 Å². The number of hydrogen-bond acceptors (Lipinski definition) is 4. The van der Waals surface area contributed by atoms with Crippen molar-refractivity contribution < 1.29 is 24.5 Å². The quantitative estimate of drug-likeness (QED) is 0.579. The molecule has 0 aliphatic heterocycles. The van der Waals surface area contributed by atoms with Gasteiger partial charge in [0.1, 0.15) is 0 Å². The molecular formula is C21H32O5. The lowest BCUT2D eigenvalue weighted by Gasteiger charge is -2.62. The van der Waals surface area contributed by atoms with Crippen LogP contribution in [-0.4, -0.2) is 35.4 Å². The maximum absolute atomic E-state index is 12.6. The Balaban J connectivity index is 1.98. The number of ether oxygens (including phenoxy) is 1. The Morgan fingerprint density at radius 2 is 1.96 bits per heavy atom. The van der Waals surface area contributed by atoms with Gasteiger partial charge in [-0.25, -0.2) is 4.79 Å². The summed E-state index contributed by atoms with van der Waals surface area (Å²) in [6, 6.07) is 0. The van der Waals surface area contributed by atoms with E-state index in [4.69, 9.17) is 9.84 Å². The number of methoxy groups -OCH3 is 1. The monoisotopic (exact) mass is 364 g/mol. The fraction of sp³-hybridized carbons (Fsp3) is 0.810. The second-order valence-corrected chi connectivity index (χ2v) is 9.19. The highest BCUT2D eigenvalue weighted by Gasteiger charge is 2.62. The van der Waals surface area contributed by atoms with E-state index in [0.29, 0.717) is 12.3 Å². The zero-order chi connectivity index (χ0) is 19.3. The summed E-state index contributed by atoms with van der Waals surface area (Å²) in [5, 5.41) is 20.2. The molecule has 146 valence electrons. The Kier molecular flexibility index (Phi) is 4.97. The van der Waals surface area contributed by atoms with Crippen LogP contribution in [-0.2, 0) is 14.3 Å². The lowest BCUT2D eigenvalue weighted by atomic mass is 9.42. The molecule has 0 aromatic carbocycles. The van der Waals surface area contributed by atoms with Crippen molar-refractivity contribution in [2.24, 2.45) is 34.5 Å². The van der Waals surface area contributed by atoms with Crippen LogP contribution in [0.5, 0.6) is 0 Å². The molecule has 0 spiro atoms. The third-order valence-corrected chi connectivity index (χ3v) is 8.08. The van der Waals surface area contributed by atoms with E-state index in [2.05, 4.69) is 13.8 Å². The number of fused-ring (bicyclic) bond motifs is 3. The fourth-order valence-corrected chi connectivity index (χ4v) is 6.83. The van der Waals surface area contributed by atoms with Crippen molar-refractivity contribution in [3.8, 4) is 0 Å². The molecular weight excluding hydrogens is 332 g/mol. The van der Waals surface area contributed by atoms with Crippen LogP contribution in [0.4, 0.5) is 0 Å². The third kappa shape index (κ3) is 2.79. The first kappa shape index (κ1) is 19.4. The normalized spacial score (nSPS) is 47.0. The minimum absolute atomic E-state index is 0.0197. The number of carboxylic acids is 1. The summed E-state index contributed by atoms with van der Waals surface area (Å²) in [5.41, 5.74) is 0.369. The van der Waals surface area contributed by atoms with E-state index in [9.17, 15) is 14.7 Å². The molecule has 0 aromatic rings. The lowest BCUT2D eigenvalue weighted by Crippen LogP contribution is -2.60. The predicted octanol–water partition coefficient (Wildman–Crippen LogP) is 3.41. The van der Waals surface area contributed by atoms with E-state index >= 15 is 0 Å². The highest BCUT2D eigenvalue weighted by molar-refractivity contribution is 5.80. The third-order valence-electron chi connectivity index (χ3n) is 8.08. The number of carbonyl (C=O) groups is 2. The van der Waals surface area contributed by atoms with Crippen LogP contribution >= 0.6 is 0 Å². The number of allylic oxidation sites excluding steroid dienone is 1. The van der Waals surface area contributed by atoms with Gasteiger partial charge >= 0.3 is 11.9 Å². The minimum atomic E-state index is -0.907. The van der Waals surface area contributed by atoms with Crippen LogP contribution in [0.15, 0.2) is 11.6 Å². The highest BCUT2D eigenvalue weighted by Crippen LogP contribution is 2.65. The second kappa shape index (κ2) is 6.66. The lowest BCUT2D eigenvalue weighted by molar-refractivity contribution is -0.189. The number of esters is 1. The standard InChI is InChI=1S/C21H32O5/c1-12-13(10-17(23)24)6-7-14-18(12)15(22)11-16-20(14,2)8-5-9-21(16,3)19(25)26-4/h10,12,14-16,18,22H,5-9,11H2,1-4H3,(H,23,24)/b13-10+/t12-,14-,15-,16+,18-,20+,21-/m0/s1. The molecule has 3 aliphatic rings. The van der Waals surface area contributed by atoms with E-state index < -0.39 is 17.5 Å². The van der Waals surface area contributed by atoms with E-state index in [1.54, 1.807) is 0 Å². The number of hydrogen-bond donors (Lipinski definition) is 2. The molecule has 3 aliphatic carbocycles. The molecule has 0 unspecified atom stereocenters. The summed E-state index contributed by atoms with van der Waals surface area (Å²) >= 11 is 0. The van der Waals surface area contributed by atoms with Crippen molar-refractivity contribution in [1.82, 2.24) is 0 Å². The van der Waals surface area contributed by atoms with Gasteiger partial charge in [-0.05, 0) is 68.1 Å². The summed E-state index contributed by atoms with van der Waals surface area (Å²) in [5.74, 6) is -0.532. The second-order valence-electron chi connectivity index (χ2n) is 9.19. The molecule has 26 heavy (non-hydrogen) atoms. The molecule has 0 amide bonds. The van der Waals surface area contributed by atoms with E-state index in [1.165, 1.54) is 13.2 Å². The molecule has 7 atom stereocenters. The van der Waals surface area contributed by atoms with Gasteiger partial charge in [0.25, 0.3) is 0 Å². The molecule has 0 aromatic heterocycles. The largest absolute Gasteiger partial charge is 0.478 e. The number of carboxylic acid groups (broad SMARTS) is 1. The summed E-state index contributed by atoms with van der Waals surface area (Å²) in [7, 11) is 1.45. The zero-order valence-electron chi connectivity index (χ0n) is 16.3. The molecule has 5 heteroatoms. The maximum atomic E-state index is 12.6. The number of carbonyl (C=O) groups excluding carboxylic acids is 1. The molecule has 0 bridgehead atoms. The number of rotatable bonds is 2. The predicted molar refractivity (Wildman–Crippen MR) is 97.3 cm³/mol. The topological polar surface area (TPSA) is 83.8 Å². The summed E-state index contributed by atoms with van der Waals surface area (Å²) in [4.78, 5) is 23.8. The Bertz CT molecular complexity index is 626. The van der Waals surface area contributed by atoms with Gasteiger partial charge in [0.05, 0.1) is 18.6 Å². The highest BCUT2D eigenvalue weighted by atomic mass is 16.5. The average molecular weight is 364 g/mol. The Morgan fingerprint density at radius 3 is 2.58 bits per heavy atom. The van der Waals surface area contributed by atoms with Gasteiger partial charge in [0.2, 0.25) is 0 Å². The van der Waals surface area contributed by atoms with Crippen molar-refractivity contribution >= 4 is 11.9 Å². The van der Waals surface area contributed by atoms with Gasteiger partial charge in [-0.1, -0.05) is 25.8 Å². The number of aliphatic hydroxyl groups excluding tert-OH is 1. The Morgan fingerprint density at radius 1 is 1.27 bits per heavy atom. The Labute approximate surface area is 155 Å². The van der Waals surface area contributed by atoms with Crippen LogP contribution in [0, 0.1) is 34.5 Å². The summed E-state index contributed by atoms with van der Waals surface area (Å²) in [6.45, 7) is 6.36. The van der Waals surface area contributed by atoms with E-state index in [1.807, 2.05) is 6.92 Å². The van der Waals surface area contributed by atoms with Gasteiger partial charge < -0.3 is 14.9 Å². The summed E-state index contributed by atoms with van der Waals surface area (Å²) < 4.78 is 5.14. The van der Waals surface area contributed by atoms with Crippen molar-refractivity contribution in [3.05, 3.63) is 11.6 Å². The molecule has 0 heterocycles. The van der Waals surface area contributed by atoms with Crippen molar-refractivity contribution in [2.45, 2.75) is 65.4 Å². The van der Waals surface area contributed by atoms with Gasteiger partial charge in [0.15, 0.2) is 0 Å². The minimum Gasteiger partial charge on any atom is -0.478 e. The first-order chi connectivity index (χ1) is 12.1. The zero-order valence-corrected chi connectivity index (χ0v) is 16.3. The van der Waals surface area contributed by atoms with Crippen LogP contribution in [0.3, 0.4) is 0 Å². The Hall–Kier alpha value is -1.36. The van der Waals surface area contributed by atoms with E-state index in [-0.39, 0.29) is 29.1 Å². The fourth-order valence-electron chi connectivity index (χ4n) is 6.83. The molecule has 0 radical (unpaired) electrons. The smallest absolute Gasteiger partial charge is 0.328 e. The van der Waals surface area contributed by atoms with Crippen LogP contribution in [0.25, 0.3) is 0 Å². The first-order valence-electron chi connectivity index (χ1n) is 9.85. The van der Waals surface area contributed by atoms with Crippen molar-refractivity contribution in [2.75, 3.05) is 7.11 Å². The average Bonchev–Trinajstić information content (AvgIpc) is 2.58. The van der Waals surface area contributed by atoms with Gasteiger partial charge in [-0.15, -0.1) is 0 Å². The molecule has 0 saturated heterocycles. The van der Waals surface area contributed by atoms with Crippen LogP contribution < -0.4 is 0 Å². The van der Waals surface area contributed by atoms with Gasteiger partial charge in [-0.2, -0.15) is 0 Å². The maximum Gasteiger partial charge on any atom is 0.328 e. The molecule has 3 fully saturated rings. The van der Waals surface area contributed by atoms with E-state index in [0.717, 1.165) is 37.7 Å². The van der Waals surface area contributed by atoms with Gasteiger partial charge in [-0.3, -0.25) is 4.79 Å². The molecule has 5 nitrogen and oxygen atoms in total. The van der Waals surface area contributed by atoms with Crippen molar-refractivity contribution in [1.29, 1.82) is 0 Å². The summed E-state index contributed by atoms with van der Waals surface area (Å²) in [6.07, 6.45) is 5.92. The first-order valence-corrected chi connectivity index (χ1v) is 9.85. The molecule has 2 N–H and O–H groups in total. The van der Waals surface area contributed by atoms with Crippen LogP contribution in [0.2, 0.25) is 0 Å². The number of aliphatic carboxylic acids is 1. The van der Waals surface area contributed by atoms with Crippen LogP contribution in [0.1, 0.15) is 59.3 Å². The molecule has 3 saturated carbocycles. The molecule has 3 rings (SSSR count). The SMILES string of the molecule is COC(=O)[C@@]1(C)CCC[C@@]2(C)[C@H]1C[C@H](O)[C@H]1[C@@H](C)/C(=C/C(=O)O)CC[C@@H]12. The van der Waals surface area contributed by atoms with Gasteiger partial charge in [0, 0.05) is 6.08 Å².